The fourth-order valence-electron chi connectivity index (χ4n) is 2.06. The predicted molar refractivity (Wildman–Crippen MR) is 86.0 cm³/mol. The number of aryl methyl sites for hydroxylation is 2. The minimum absolute atomic E-state index is 0.353. The Morgan fingerprint density at radius 1 is 1.23 bits per heavy atom. The quantitative estimate of drug-likeness (QED) is 0.837. The fourth-order valence-corrected chi connectivity index (χ4v) is 2.46. The van der Waals surface area contributed by atoms with Gasteiger partial charge in [0, 0.05) is 15.7 Å². The number of benzene rings is 1. The van der Waals surface area contributed by atoms with Crippen molar-refractivity contribution in [1.29, 1.82) is 0 Å². The molecular formula is C16H16BrNO4. The molecule has 0 fully saturated rings. The lowest BCUT2D eigenvalue weighted by Gasteiger charge is -2.07. The summed E-state index contributed by atoms with van der Waals surface area (Å²) in [7, 11) is 0. The van der Waals surface area contributed by atoms with Crippen molar-refractivity contribution in [3.63, 3.8) is 0 Å². The van der Waals surface area contributed by atoms with E-state index >= 15 is 0 Å². The van der Waals surface area contributed by atoms with Gasteiger partial charge in [0.15, 0.2) is 6.61 Å². The molecule has 0 aliphatic carbocycles. The number of nitrogens with one attached hydrogen (secondary N) is 1. The van der Waals surface area contributed by atoms with Gasteiger partial charge in [-0.1, -0.05) is 22.0 Å². The summed E-state index contributed by atoms with van der Waals surface area (Å²) >= 11 is 3.32. The van der Waals surface area contributed by atoms with E-state index in [9.17, 15) is 9.59 Å². The Kier molecular flexibility index (Phi) is 5.03. The number of furan rings is 1. The highest BCUT2D eigenvalue weighted by Crippen LogP contribution is 2.21. The van der Waals surface area contributed by atoms with Crippen molar-refractivity contribution in [1.82, 2.24) is 0 Å². The first kappa shape index (κ1) is 16.3. The third-order valence-electron chi connectivity index (χ3n) is 3.21. The van der Waals surface area contributed by atoms with Crippen molar-refractivity contribution in [2.45, 2.75) is 20.8 Å². The van der Waals surface area contributed by atoms with Crippen LogP contribution in [0, 0.1) is 20.8 Å². The lowest BCUT2D eigenvalue weighted by Crippen LogP contribution is -2.21. The first-order valence-corrected chi connectivity index (χ1v) is 7.47. The van der Waals surface area contributed by atoms with Crippen molar-refractivity contribution < 1.29 is 18.7 Å². The zero-order chi connectivity index (χ0) is 16.3. The first-order valence-electron chi connectivity index (χ1n) is 6.67. The van der Waals surface area contributed by atoms with E-state index in [4.69, 9.17) is 9.15 Å². The third kappa shape index (κ3) is 3.76. The van der Waals surface area contributed by atoms with Gasteiger partial charge >= 0.3 is 5.97 Å². The molecule has 0 radical (unpaired) electrons. The first-order chi connectivity index (χ1) is 10.4. The fraction of sp³-hybridized carbons (Fsp3) is 0.250. The zero-order valence-electron chi connectivity index (χ0n) is 12.5. The second-order valence-electron chi connectivity index (χ2n) is 4.85. The number of hydrogen-bond acceptors (Lipinski definition) is 4. The average Bonchev–Trinajstić information content (AvgIpc) is 2.70. The van der Waals surface area contributed by atoms with Crippen LogP contribution in [0.15, 0.2) is 33.2 Å². The van der Waals surface area contributed by atoms with Crippen LogP contribution in [0.1, 0.15) is 27.4 Å². The van der Waals surface area contributed by atoms with E-state index in [1.807, 2.05) is 6.07 Å². The number of carbonyl (C=O) groups is 2. The number of esters is 1. The number of ether oxygens (including phenoxy) is 1. The van der Waals surface area contributed by atoms with Crippen molar-refractivity contribution in [3.05, 3.63) is 51.4 Å². The molecule has 2 aromatic rings. The van der Waals surface area contributed by atoms with E-state index in [1.165, 1.54) is 0 Å². The second kappa shape index (κ2) is 6.79. The second-order valence-corrected chi connectivity index (χ2v) is 5.76. The van der Waals surface area contributed by atoms with Crippen LogP contribution in [0.25, 0.3) is 0 Å². The summed E-state index contributed by atoms with van der Waals surface area (Å²) < 4.78 is 11.3. The topological polar surface area (TPSA) is 68.5 Å². The molecule has 5 nitrogen and oxygen atoms in total. The molecule has 0 atom stereocenters. The largest absolute Gasteiger partial charge is 0.465 e. The Bertz CT molecular complexity index is 721. The van der Waals surface area contributed by atoms with Gasteiger partial charge in [-0.25, -0.2) is 4.79 Å². The highest BCUT2D eigenvalue weighted by atomic mass is 79.9. The van der Waals surface area contributed by atoms with Crippen LogP contribution in [0.3, 0.4) is 0 Å². The summed E-state index contributed by atoms with van der Waals surface area (Å²) in [5.41, 5.74) is 1.74. The Balaban J connectivity index is 1.95. The molecule has 1 N–H and O–H groups in total. The summed E-state index contributed by atoms with van der Waals surface area (Å²) in [6.07, 6.45) is 0. The molecule has 2 rings (SSSR count). The Hall–Kier alpha value is -2.08. The molecular weight excluding hydrogens is 350 g/mol. The van der Waals surface area contributed by atoms with Crippen LogP contribution in [0.4, 0.5) is 5.69 Å². The van der Waals surface area contributed by atoms with Crippen LogP contribution in [-0.2, 0) is 9.53 Å². The summed E-state index contributed by atoms with van der Waals surface area (Å²) in [6.45, 7) is 4.90. The average molecular weight is 366 g/mol. The highest BCUT2D eigenvalue weighted by molar-refractivity contribution is 9.10. The van der Waals surface area contributed by atoms with Crippen LogP contribution in [0.2, 0.25) is 0 Å². The van der Waals surface area contributed by atoms with Gasteiger partial charge in [0.05, 0.1) is 0 Å². The van der Waals surface area contributed by atoms with Gasteiger partial charge in [-0.3, -0.25) is 4.79 Å². The highest BCUT2D eigenvalue weighted by Gasteiger charge is 2.20. The van der Waals surface area contributed by atoms with Gasteiger partial charge in [0.1, 0.15) is 17.1 Å². The molecule has 0 saturated carbocycles. The molecule has 0 bridgehead atoms. The smallest absolute Gasteiger partial charge is 0.342 e. The lowest BCUT2D eigenvalue weighted by atomic mass is 10.1. The molecule has 116 valence electrons. The van der Waals surface area contributed by atoms with Crippen molar-refractivity contribution in [2.24, 2.45) is 0 Å². The Labute approximate surface area is 136 Å². The van der Waals surface area contributed by atoms with Gasteiger partial charge in [0.2, 0.25) is 0 Å². The van der Waals surface area contributed by atoms with Crippen molar-refractivity contribution in [2.75, 3.05) is 11.9 Å². The molecule has 0 aliphatic rings. The molecule has 6 heteroatoms. The Morgan fingerprint density at radius 2 is 1.95 bits per heavy atom. The summed E-state index contributed by atoms with van der Waals surface area (Å²) in [5, 5.41) is 2.65. The maximum Gasteiger partial charge on any atom is 0.342 e. The molecule has 22 heavy (non-hydrogen) atoms. The van der Waals surface area contributed by atoms with Crippen molar-refractivity contribution in [3.8, 4) is 0 Å². The number of halogens is 1. The normalized spacial score (nSPS) is 10.4. The van der Waals surface area contributed by atoms with Gasteiger partial charge in [-0.05, 0) is 39.0 Å². The summed E-state index contributed by atoms with van der Waals surface area (Å²) in [4.78, 5) is 23.8. The molecule has 1 heterocycles. The van der Waals surface area contributed by atoms with Gasteiger partial charge in [-0.2, -0.15) is 0 Å². The van der Waals surface area contributed by atoms with Crippen LogP contribution >= 0.6 is 15.9 Å². The minimum atomic E-state index is -0.559. The maximum absolute atomic E-state index is 12.0. The van der Waals surface area contributed by atoms with Gasteiger partial charge in [-0.15, -0.1) is 0 Å². The van der Waals surface area contributed by atoms with Crippen LogP contribution in [-0.4, -0.2) is 18.5 Å². The molecule has 0 unspecified atom stereocenters. The van der Waals surface area contributed by atoms with Crippen LogP contribution in [0.5, 0.6) is 0 Å². The monoisotopic (exact) mass is 365 g/mol. The van der Waals surface area contributed by atoms with E-state index in [2.05, 4.69) is 21.2 Å². The SMILES string of the molecule is Cc1oc(C)c(C(=O)OCC(=O)Nc2cccc(Br)c2)c1C. The van der Waals surface area contributed by atoms with E-state index in [-0.39, 0.29) is 6.61 Å². The van der Waals surface area contributed by atoms with E-state index in [0.29, 0.717) is 22.8 Å². The van der Waals surface area contributed by atoms with Crippen molar-refractivity contribution >= 4 is 33.5 Å². The lowest BCUT2D eigenvalue weighted by molar-refractivity contribution is -0.119. The molecule has 0 spiro atoms. The molecule has 1 amide bonds. The number of anilines is 1. The maximum atomic E-state index is 12.0. The van der Waals surface area contributed by atoms with Gasteiger partial charge in [0.25, 0.3) is 5.91 Å². The predicted octanol–water partition coefficient (Wildman–Crippen LogP) is 3.76. The van der Waals surface area contributed by atoms with E-state index < -0.39 is 11.9 Å². The number of rotatable bonds is 4. The summed E-state index contributed by atoms with van der Waals surface area (Å²) in [5.74, 6) is 0.202. The van der Waals surface area contributed by atoms with Crippen LogP contribution < -0.4 is 5.32 Å². The zero-order valence-corrected chi connectivity index (χ0v) is 14.1. The molecule has 1 aromatic heterocycles. The third-order valence-corrected chi connectivity index (χ3v) is 3.70. The van der Waals surface area contributed by atoms with E-state index in [0.717, 1.165) is 10.0 Å². The number of hydrogen-bond donors (Lipinski definition) is 1. The summed E-state index contributed by atoms with van der Waals surface area (Å²) in [6, 6.07) is 7.15. The molecule has 1 aromatic carbocycles. The molecule has 0 saturated heterocycles. The Morgan fingerprint density at radius 3 is 2.55 bits per heavy atom. The number of amides is 1. The minimum Gasteiger partial charge on any atom is -0.465 e. The molecule has 0 aliphatic heterocycles. The van der Waals surface area contributed by atoms with E-state index in [1.54, 1.807) is 39.0 Å². The van der Waals surface area contributed by atoms with Gasteiger partial charge < -0.3 is 14.5 Å². The number of carbonyl (C=O) groups excluding carboxylic acids is 2. The standard InChI is InChI=1S/C16H16BrNO4/c1-9-10(2)22-11(3)15(9)16(20)21-8-14(19)18-13-6-4-5-12(17)7-13/h4-7H,8H2,1-3H3,(H,18,19).